The highest BCUT2D eigenvalue weighted by Crippen LogP contribution is 2.21. The summed E-state index contributed by atoms with van der Waals surface area (Å²) in [5, 5.41) is 9.14. The number of aliphatic hydroxyl groups is 1. The van der Waals surface area contributed by atoms with Gasteiger partial charge in [-0.3, -0.25) is 4.98 Å². The van der Waals surface area contributed by atoms with Gasteiger partial charge in [0.25, 0.3) is 0 Å². The summed E-state index contributed by atoms with van der Waals surface area (Å²) in [5.74, 6) is 0.665. The number of hydrogen-bond donors (Lipinski definition) is 1. The van der Waals surface area contributed by atoms with Crippen LogP contribution >= 0.6 is 15.9 Å². The van der Waals surface area contributed by atoms with Gasteiger partial charge in [0.15, 0.2) is 0 Å². The van der Waals surface area contributed by atoms with Gasteiger partial charge in [-0.25, -0.2) is 0 Å². The number of nitrogens with zero attached hydrogens (tertiary/aromatic N) is 1. The van der Waals surface area contributed by atoms with E-state index in [1.807, 2.05) is 24.3 Å². The van der Waals surface area contributed by atoms with E-state index in [9.17, 15) is 0 Å². The van der Waals surface area contributed by atoms with E-state index in [-0.39, 0.29) is 6.61 Å². The molecule has 0 aliphatic carbocycles. The lowest BCUT2D eigenvalue weighted by molar-refractivity contribution is 0.258. The highest BCUT2D eigenvalue weighted by atomic mass is 79.9. The molecule has 0 unspecified atom stereocenters. The molecule has 1 aromatic carbocycles. The number of hydrogen-bond acceptors (Lipinski definition) is 3. The predicted octanol–water partition coefficient (Wildman–Crippen LogP) is 2.92. The lowest BCUT2D eigenvalue weighted by Crippen LogP contribution is -1.99. The molecule has 1 heterocycles. The lowest BCUT2D eigenvalue weighted by atomic mass is 10.2. The van der Waals surface area contributed by atoms with E-state index in [2.05, 4.69) is 20.9 Å². The molecule has 1 aromatic heterocycles. The second kappa shape index (κ2) is 5.80. The molecule has 0 aliphatic rings. The summed E-state index contributed by atoms with van der Waals surface area (Å²) < 4.78 is 6.68. The van der Waals surface area contributed by atoms with Crippen molar-refractivity contribution in [2.45, 2.75) is 13.2 Å². The zero-order valence-electron chi connectivity index (χ0n) is 9.14. The number of rotatable bonds is 4. The quantitative estimate of drug-likeness (QED) is 0.942. The van der Waals surface area contributed by atoms with E-state index in [1.165, 1.54) is 0 Å². The topological polar surface area (TPSA) is 42.4 Å². The van der Waals surface area contributed by atoms with Gasteiger partial charge >= 0.3 is 0 Å². The molecular formula is C13H12BrNO2. The van der Waals surface area contributed by atoms with E-state index in [1.54, 1.807) is 18.5 Å². The van der Waals surface area contributed by atoms with Crippen LogP contribution in [0.1, 0.15) is 11.1 Å². The van der Waals surface area contributed by atoms with Crippen molar-refractivity contribution in [3.05, 3.63) is 58.3 Å². The maximum Gasteiger partial charge on any atom is 0.128 e. The predicted molar refractivity (Wildman–Crippen MR) is 68.6 cm³/mol. The van der Waals surface area contributed by atoms with Crippen LogP contribution in [0.5, 0.6) is 5.75 Å². The molecular weight excluding hydrogens is 282 g/mol. The number of aromatic nitrogens is 1. The Balaban J connectivity index is 2.10. The Labute approximate surface area is 108 Å². The summed E-state index contributed by atoms with van der Waals surface area (Å²) in [6.45, 7) is 0.386. The molecule has 1 N–H and O–H groups in total. The molecule has 3 nitrogen and oxygen atoms in total. The van der Waals surface area contributed by atoms with Gasteiger partial charge in [0.1, 0.15) is 12.4 Å². The second-order valence-electron chi connectivity index (χ2n) is 3.52. The van der Waals surface area contributed by atoms with Crippen molar-refractivity contribution < 1.29 is 9.84 Å². The Morgan fingerprint density at radius 2 is 2.00 bits per heavy atom. The van der Waals surface area contributed by atoms with E-state index in [0.29, 0.717) is 17.9 Å². The molecule has 88 valence electrons. The lowest BCUT2D eigenvalue weighted by Gasteiger charge is -2.10. The Bertz CT molecular complexity index is 502. The summed E-state index contributed by atoms with van der Waals surface area (Å²) >= 11 is 3.46. The Hall–Kier alpha value is -1.39. The van der Waals surface area contributed by atoms with Crippen molar-refractivity contribution >= 4 is 15.9 Å². The summed E-state index contributed by atoms with van der Waals surface area (Å²) in [7, 11) is 0. The van der Waals surface area contributed by atoms with Crippen molar-refractivity contribution in [3.8, 4) is 5.75 Å². The molecule has 0 radical (unpaired) electrons. The van der Waals surface area contributed by atoms with Gasteiger partial charge in [0, 0.05) is 28.0 Å². The third-order valence-corrected chi connectivity index (χ3v) is 3.14. The van der Waals surface area contributed by atoms with Crippen LogP contribution in [0.15, 0.2) is 47.2 Å². The molecule has 0 fully saturated rings. The van der Waals surface area contributed by atoms with Crippen LogP contribution in [0.25, 0.3) is 0 Å². The van der Waals surface area contributed by atoms with E-state index < -0.39 is 0 Å². The van der Waals surface area contributed by atoms with Crippen molar-refractivity contribution in [1.82, 2.24) is 4.98 Å². The van der Waals surface area contributed by atoms with E-state index >= 15 is 0 Å². The monoisotopic (exact) mass is 293 g/mol. The van der Waals surface area contributed by atoms with Crippen LogP contribution in [-0.4, -0.2) is 10.1 Å². The van der Waals surface area contributed by atoms with Crippen LogP contribution in [0.2, 0.25) is 0 Å². The summed E-state index contributed by atoms with van der Waals surface area (Å²) in [4.78, 5) is 3.94. The fourth-order valence-corrected chi connectivity index (χ4v) is 1.84. The molecule has 0 spiro atoms. The minimum absolute atomic E-state index is 0.0703. The molecule has 0 bridgehead atoms. The molecule has 0 saturated carbocycles. The van der Waals surface area contributed by atoms with Crippen molar-refractivity contribution in [2.24, 2.45) is 0 Å². The highest BCUT2D eigenvalue weighted by Gasteiger charge is 2.04. The molecule has 0 aliphatic heterocycles. The van der Waals surface area contributed by atoms with E-state index in [0.717, 1.165) is 10.0 Å². The minimum atomic E-state index is -0.0703. The zero-order chi connectivity index (χ0) is 12.1. The summed E-state index contributed by atoms with van der Waals surface area (Å²) in [5.41, 5.74) is 1.76. The van der Waals surface area contributed by atoms with Crippen LogP contribution in [0, 0.1) is 0 Å². The molecule has 17 heavy (non-hydrogen) atoms. The number of halogens is 1. The standard InChI is InChI=1S/C13H12BrNO2/c14-12-4-2-1-3-10(12)9-17-13-5-6-15-7-11(13)8-16/h1-7,16H,8-9H2. The Morgan fingerprint density at radius 1 is 1.18 bits per heavy atom. The fourth-order valence-electron chi connectivity index (χ4n) is 1.44. The Morgan fingerprint density at radius 3 is 2.76 bits per heavy atom. The van der Waals surface area contributed by atoms with Gasteiger partial charge < -0.3 is 9.84 Å². The summed E-state index contributed by atoms with van der Waals surface area (Å²) in [6.07, 6.45) is 3.25. The largest absolute Gasteiger partial charge is 0.488 e. The normalized spacial score (nSPS) is 10.2. The second-order valence-corrected chi connectivity index (χ2v) is 4.38. The molecule has 2 aromatic rings. The SMILES string of the molecule is OCc1cnccc1OCc1ccccc1Br. The number of aliphatic hydroxyl groups excluding tert-OH is 1. The van der Waals surface area contributed by atoms with E-state index in [4.69, 9.17) is 9.84 Å². The van der Waals surface area contributed by atoms with Gasteiger partial charge in [-0.2, -0.15) is 0 Å². The van der Waals surface area contributed by atoms with Gasteiger partial charge in [-0.15, -0.1) is 0 Å². The van der Waals surface area contributed by atoms with Gasteiger partial charge in [-0.1, -0.05) is 34.1 Å². The minimum Gasteiger partial charge on any atom is -0.488 e. The van der Waals surface area contributed by atoms with Gasteiger partial charge in [0.05, 0.1) is 6.61 Å². The molecule has 0 atom stereocenters. The van der Waals surface area contributed by atoms with Gasteiger partial charge in [0.2, 0.25) is 0 Å². The van der Waals surface area contributed by atoms with Crippen LogP contribution in [0.3, 0.4) is 0 Å². The first-order chi connectivity index (χ1) is 8.31. The van der Waals surface area contributed by atoms with Crippen molar-refractivity contribution in [2.75, 3.05) is 0 Å². The molecule has 2 rings (SSSR count). The average molecular weight is 294 g/mol. The van der Waals surface area contributed by atoms with Crippen molar-refractivity contribution in [1.29, 1.82) is 0 Å². The first kappa shape index (κ1) is 12.1. The third kappa shape index (κ3) is 3.05. The zero-order valence-corrected chi connectivity index (χ0v) is 10.7. The molecule has 4 heteroatoms. The molecule has 0 amide bonds. The van der Waals surface area contributed by atoms with Crippen molar-refractivity contribution in [3.63, 3.8) is 0 Å². The average Bonchev–Trinajstić information content (AvgIpc) is 2.38. The Kier molecular flexibility index (Phi) is 4.12. The number of benzene rings is 1. The smallest absolute Gasteiger partial charge is 0.128 e. The maximum atomic E-state index is 9.14. The van der Waals surface area contributed by atoms with Gasteiger partial charge in [-0.05, 0) is 12.1 Å². The first-order valence-electron chi connectivity index (χ1n) is 5.21. The molecule has 0 saturated heterocycles. The maximum absolute atomic E-state index is 9.14. The summed E-state index contributed by atoms with van der Waals surface area (Å²) in [6, 6.07) is 9.63. The third-order valence-electron chi connectivity index (χ3n) is 2.37. The number of pyridine rings is 1. The van der Waals surface area contributed by atoms with Crippen LogP contribution < -0.4 is 4.74 Å². The van der Waals surface area contributed by atoms with Crippen LogP contribution in [-0.2, 0) is 13.2 Å². The highest BCUT2D eigenvalue weighted by molar-refractivity contribution is 9.10. The number of ether oxygens (including phenoxy) is 1. The fraction of sp³-hybridized carbons (Fsp3) is 0.154. The van der Waals surface area contributed by atoms with Crippen LogP contribution in [0.4, 0.5) is 0 Å². The first-order valence-corrected chi connectivity index (χ1v) is 6.00.